The summed E-state index contributed by atoms with van der Waals surface area (Å²) < 4.78 is 31.1. The fourth-order valence-corrected chi connectivity index (χ4v) is 3.26. The van der Waals surface area contributed by atoms with Gasteiger partial charge in [-0.05, 0) is 19.8 Å². The number of hydrogen-bond donors (Lipinski definition) is 1. The number of carbonyl (C=O) groups is 3. The number of nitrogens with zero attached hydrogens (tertiary/aromatic N) is 1. The second-order valence-electron chi connectivity index (χ2n) is 6.03. The molecule has 0 aromatic carbocycles. The minimum Gasteiger partial charge on any atom is -0.330 e. The maximum Gasteiger partial charge on any atom is 0.338 e. The van der Waals surface area contributed by atoms with Crippen molar-refractivity contribution >= 4 is 27.9 Å². The van der Waals surface area contributed by atoms with Crippen molar-refractivity contribution < 1.29 is 32.2 Å². The van der Waals surface area contributed by atoms with Gasteiger partial charge in [-0.25, -0.2) is 4.79 Å². The molecule has 0 aromatic heterocycles. The Kier molecular flexibility index (Phi) is 6.29. The first-order chi connectivity index (χ1) is 10.6. The van der Waals surface area contributed by atoms with Crippen molar-refractivity contribution in [1.82, 2.24) is 5.06 Å². The van der Waals surface area contributed by atoms with Gasteiger partial charge in [-0.15, -0.1) is 5.06 Å². The Morgan fingerprint density at radius 3 is 2.35 bits per heavy atom. The number of carbonyl (C=O) groups excluding carboxylic acids is 3. The van der Waals surface area contributed by atoms with Crippen LogP contribution in [0.3, 0.4) is 0 Å². The van der Waals surface area contributed by atoms with Crippen molar-refractivity contribution in [2.24, 2.45) is 5.41 Å². The number of imide groups is 1. The molecule has 0 spiro atoms. The number of hydroxylamine groups is 2. The molecule has 1 rings (SSSR count). The summed E-state index contributed by atoms with van der Waals surface area (Å²) in [6.07, 6.45) is 2.69. The van der Waals surface area contributed by atoms with E-state index in [9.17, 15) is 22.8 Å². The number of rotatable bonds is 8. The first-order valence-corrected chi connectivity index (χ1v) is 9.12. The minimum absolute atomic E-state index is 0.167. The average Bonchev–Trinajstić information content (AvgIpc) is 2.73. The van der Waals surface area contributed by atoms with Gasteiger partial charge in [-0.2, -0.15) is 8.42 Å². The molecule has 2 unspecified atom stereocenters. The van der Waals surface area contributed by atoms with Crippen LogP contribution in [-0.4, -0.2) is 41.1 Å². The molecule has 0 aromatic rings. The lowest BCUT2D eigenvalue weighted by Crippen LogP contribution is -2.41. The molecular formula is C14H23NO7S. The maximum atomic E-state index is 12.4. The van der Waals surface area contributed by atoms with Crippen LogP contribution in [0.1, 0.15) is 59.3 Å². The minimum atomic E-state index is -4.72. The van der Waals surface area contributed by atoms with E-state index in [0.29, 0.717) is 19.3 Å². The normalized spacial score (nSPS) is 21.4. The van der Waals surface area contributed by atoms with Gasteiger partial charge in [0.2, 0.25) is 0 Å². The summed E-state index contributed by atoms with van der Waals surface area (Å²) in [4.78, 5) is 40.9. The number of amides is 2. The first kappa shape index (κ1) is 19.6. The maximum absolute atomic E-state index is 12.4. The monoisotopic (exact) mass is 349 g/mol. The van der Waals surface area contributed by atoms with E-state index in [2.05, 4.69) is 0 Å². The average molecular weight is 349 g/mol. The van der Waals surface area contributed by atoms with Gasteiger partial charge in [0, 0.05) is 0 Å². The van der Waals surface area contributed by atoms with Crippen molar-refractivity contribution in [2.75, 3.05) is 0 Å². The fraction of sp³-hybridized carbons (Fsp3) is 0.786. The Hall–Kier alpha value is -1.48. The molecule has 0 saturated carbocycles. The van der Waals surface area contributed by atoms with Gasteiger partial charge in [-0.3, -0.25) is 14.1 Å². The molecule has 1 saturated heterocycles. The zero-order valence-corrected chi connectivity index (χ0v) is 14.4. The molecule has 23 heavy (non-hydrogen) atoms. The molecule has 9 heteroatoms. The van der Waals surface area contributed by atoms with E-state index in [0.717, 1.165) is 12.8 Å². The van der Waals surface area contributed by atoms with E-state index in [1.807, 2.05) is 13.8 Å². The highest BCUT2D eigenvalue weighted by Gasteiger charge is 2.49. The number of unbranched alkanes of at least 4 members (excludes halogenated alkanes) is 1. The van der Waals surface area contributed by atoms with Crippen molar-refractivity contribution in [3.8, 4) is 0 Å². The summed E-state index contributed by atoms with van der Waals surface area (Å²) in [6, 6.07) is 0. The quantitative estimate of drug-likeness (QED) is 0.520. The molecule has 1 aliphatic heterocycles. The predicted molar refractivity (Wildman–Crippen MR) is 80.4 cm³/mol. The highest BCUT2D eigenvalue weighted by molar-refractivity contribution is 7.87. The van der Waals surface area contributed by atoms with E-state index in [-0.39, 0.29) is 5.06 Å². The third-order valence-corrected chi connectivity index (χ3v) is 5.06. The van der Waals surface area contributed by atoms with Crippen LogP contribution in [-0.2, 0) is 29.3 Å². The highest BCUT2D eigenvalue weighted by Crippen LogP contribution is 2.33. The largest absolute Gasteiger partial charge is 0.338 e. The van der Waals surface area contributed by atoms with Crippen LogP contribution in [0.25, 0.3) is 0 Å². The summed E-state index contributed by atoms with van der Waals surface area (Å²) in [7, 11) is -4.72. The van der Waals surface area contributed by atoms with Gasteiger partial charge in [0.1, 0.15) is 0 Å². The fourth-order valence-electron chi connectivity index (χ4n) is 2.55. The lowest BCUT2D eigenvalue weighted by molar-refractivity contribution is -0.205. The molecule has 2 atom stereocenters. The summed E-state index contributed by atoms with van der Waals surface area (Å²) in [5, 5.41) is -1.74. The summed E-state index contributed by atoms with van der Waals surface area (Å²) in [5.74, 6) is -2.94. The van der Waals surface area contributed by atoms with Gasteiger partial charge in [0.25, 0.3) is 21.9 Å². The van der Waals surface area contributed by atoms with Crippen molar-refractivity contribution in [3.05, 3.63) is 0 Å². The van der Waals surface area contributed by atoms with E-state index in [1.54, 1.807) is 6.92 Å². The van der Waals surface area contributed by atoms with Crippen molar-refractivity contribution in [1.29, 1.82) is 0 Å². The van der Waals surface area contributed by atoms with Crippen molar-refractivity contribution in [2.45, 2.75) is 64.5 Å². The van der Waals surface area contributed by atoms with Crippen LogP contribution in [0.4, 0.5) is 0 Å². The lowest BCUT2D eigenvalue weighted by Gasteiger charge is -2.28. The summed E-state index contributed by atoms with van der Waals surface area (Å²) in [6.45, 7) is 5.57. The van der Waals surface area contributed by atoms with Gasteiger partial charge >= 0.3 is 5.97 Å². The third-order valence-electron chi connectivity index (χ3n) is 3.97. The van der Waals surface area contributed by atoms with Crippen molar-refractivity contribution in [3.63, 3.8) is 0 Å². The smallest absolute Gasteiger partial charge is 0.330 e. The van der Waals surface area contributed by atoms with Gasteiger partial charge in [0.15, 0.2) is 5.25 Å². The third kappa shape index (κ3) is 4.51. The Morgan fingerprint density at radius 1 is 1.30 bits per heavy atom. The summed E-state index contributed by atoms with van der Waals surface area (Å²) in [5.41, 5.74) is -0.860. The molecule has 0 radical (unpaired) electrons. The van der Waals surface area contributed by atoms with E-state index in [4.69, 9.17) is 9.39 Å². The second kappa shape index (κ2) is 7.39. The molecule has 8 nitrogen and oxygen atoms in total. The van der Waals surface area contributed by atoms with Crippen LogP contribution in [0.15, 0.2) is 0 Å². The van der Waals surface area contributed by atoms with Crippen LogP contribution in [0.5, 0.6) is 0 Å². The molecule has 1 fully saturated rings. The Balaban J connectivity index is 2.90. The first-order valence-electron chi connectivity index (χ1n) is 7.62. The van der Waals surface area contributed by atoms with Crippen LogP contribution in [0.2, 0.25) is 0 Å². The molecule has 2 amide bonds. The lowest BCUT2D eigenvalue weighted by atomic mass is 9.81. The molecule has 1 heterocycles. The van der Waals surface area contributed by atoms with Crippen LogP contribution >= 0.6 is 0 Å². The van der Waals surface area contributed by atoms with E-state index >= 15 is 0 Å². The van der Waals surface area contributed by atoms with E-state index in [1.165, 1.54) is 0 Å². The standard InChI is InChI=1S/C14H23NO7S/c1-4-6-8-14(3,7-5-2)13(18)22-15-11(16)9-10(12(15)17)23(19,20)21/h10H,4-9H2,1-3H3,(H,19,20,21). The molecule has 132 valence electrons. The van der Waals surface area contributed by atoms with Crippen LogP contribution < -0.4 is 0 Å². The SMILES string of the molecule is CCCCC(C)(CCC)C(=O)ON1C(=O)CC(S(=O)(=O)O)C1=O. The molecule has 0 bridgehead atoms. The van der Waals surface area contributed by atoms with Gasteiger partial charge < -0.3 is 4.84 Å². The highest BCUT2D eigenvalue weighted by atomic mass is 32.2. The zero-order valence-electron chi connectivity index (χ0n) is 13.6. The second-order valence-corrected chi connectivity index (χ2v) is 7.63. The Bertz CT molecular complexity index is 586. The Labute approximate surface area is 135 Å². The van der Waals surface area contributed by atoms with E-state index < -0.39 is 45.0 Å². The van der Waals surface area contributed by atoms with Gasteiger partial charge in [-0.1, -0.05) is 33.1 Å². The molecule has 0 aliphatic carbocycles. The molecule has 1 aliphatic rings. The summed E-state index contributed by atoms with van der Waals surface area (Å²) >= 11 is 0. The molecular weight excluding hydrogens is 326 g/mol. The van der Waals surface area contributed by atoms with Gasteiger partial charge in [0.05, 0.1) is 11.8 Å². The predicted octanol–water partition coefficient (Wildman–Crippen LogP) is 1.46. The molecule has 1 N–H and O–H groups in total. The topological polar surface area (TPSA) is 118 Å². The zero-order chi connectivity index (χ0) is 17.8. The Morgan fingerprint density at radius 2 is 1.91 bits per heavy atom. The number of hydrogen-bond acceptors (Lipinski definition) is 6. The van der Waals surface area contributed by atoms with Crippen LogP contribution in [0, 0.1) is 5.41 Å².